The van der Waals surface area contributed by atoms with Crippen molar-refractivity contribution in [2.24, 2.45) is 5.73 Å². The minimum atomic E-state index is -0.919. The van der Waals surface area contributed by atoms with Gasteiger partial charge in [-0.15, -0.1) is 0 Å². The van der Waals surface area contributed by atoms with Crippen LogP contribution in [0.1, 0.15) is 42.3 Å². The van der Waals surface area contributed by atoms with Gasteiger partial charge in [0.1, 0.15) is 0 Å². The van der Waals surface area contributed by atoms with Crippen molar-refractivity contribution in [3.8, 4) is 11.8 Å². The third kappa shape index (κ3) is 5.58. The van der Waals surface area contributed by atoms with Crippen LogP contribution >= 0.6 is 0 Å². The predicted molar refractivity (Wildman–Crippen MR) is 85.0 cm³/mol. The van der Waals surface area contributed by atoms with Crippen LogP contribution in [0.5, 0.6) is 0 Å². The van der Waals surface area contributed by atoms with Gasteiger partial charge in [0.2, 0.25) is 0 Å². The molecule has 0 heterocycles. The van der Waals surface area contributed by atoms with Gasteiger partial charge in [0.25, 0.3) is 5.91 Å². The number of carbonyl (C=O) groups excluding carboxylic acids is 1. The first-order valence-electron chi connectivity index (χ1n) is 7.09. The van der Waals surface area contributed by atoms with Crippen LogP contribution in [0.4, 0.5) is 0 Å². The SMILES string of the molecule is CCN(CC(C)(C)O)C(=O)c1cc(C)cc(C#CCN)c1. The Bertz CT molecular complexity index is 562. The van der Waals surface area contributed by atoms with Crippen LogP contribution in [0.25, 0.3) is 0 Å². The molecule has 1 aromatic carbocycles. The van der Waals surface area contributed by atoms with Gasteiger partial charge in [-0.05, 0) is 51.5 Å². The summed E-state index contributed by atoms with van der Waals surface area (Å²) in [6.45, 7) is 8.33. The standard InChI is InChI=1S/C17H24N2O2/c1-5-19(12-17(3,4)21)16(20)15-10-13(2)9-14(11-15)7-6-8-18/h9-11,21H,5,8,12,18H2,1-4H3. The second-order valence-corrected chi connectivity index (χ2v) is 5.73. The third-order valence-electron chi connectivity index (χ3n) is 2.91. The predicted octanol–water partition coefficient (Wildman–Crippen LogP) is 1.54. The van der Waals surface area contributed by atoms with Crippen molar-refractivity contribution in [1.29, 1.82) is 0 Å². The third-order valence-corrected chi connectivity index (χ3v) is 2.91. The first-order chi connectivity index (χ1) is 9.76. The fourth-order valence-electron chi connectivity index (χ4n) is 2.11. The minimum absolute atomic E-state index is 0.0980. The summed E-state index contributed by atoms with van der Waals surface area (Å²) in [5.41, 5.74) is 6.80. The number of nitrogens with two attached hydrogens (primary N) is 1. The summed E-state index contributed by atoms with van der Waals surface area (Å²) in [5, 5.41) is 9.91. The highest BCUT2D eigenvalue weighted by atomic mass is 16.3. The van der Waals surface area contributed by atoms with Crippen LogP contribution in [0.15, 0.2) is 18.2 Å². The zero-order valence-electron chi connectivity index (χ0n) is 13.2. The molecule has 1 rings (SSSR count). The molecule has 0 aliphatic rings. The van der Waals surface area contributed by atoms with Gasteiger partial charge < -0.3 is 15.7 Å². The average Bonchev–Trinajstić information content (AvgIpc) is 2.40. The van der Waals surface area contributed by atoms with Gasteiger partial charge in [-0.25, -0.2) is 0 Å². The zero-order valence-corrected chi connectivity index (χ0v) is 13.2. The Morgan fingerprint density at radius 2 is 2.05 bits per heavy atom. The molecule has 0 fully saturated rings. The average molecular weight is 288 g/mol. The molecule has 1 amide bonds. The molecule has 0 radical (unpaired) electrons. The van der Waals surface area contributed by atoms with Crippen LogP contribution in [-0.4, -0.2) is 41.1 Å². The van der Waals surface area contributed by atoms with Gasteiger partial charge in [0.15, 0.2) is 0 Å². The van der Waals surface area contributed by atoms with E-state index >= 15 is 0 Å². The van der Waals surface area contributed by atoms with Crippen molar-refractivity contribution >= 4 is 5.91 Å². The lowest BCUT2D eigenvalue weighted by molar-refractivity contribution is 0.0314. The smallest absolute Gasteiger partial charge is 0.253 e. The Morgan fingerprint density at radius 3 is 2.57 bits per heavy atom. The molecule has 0 saturated heterocycles. The van der Waals surface area contributed by atoms with E-state index in [2.05, 4.69) is 11.8 Å². The van der Waals surface area contributed by atoms with Crippen molar-refractivity contribution in [2.75, 3.05) is 19.6 Å². The lowest BCUT2D eigenvalue weighted by Gasteiger charge is -2.28. The summed E-state index contributed by atoms with van der Waals surface area (Å²) in [7, 11) is 0. The molecule has 21 heavy (non-hydrogen) atoms. The Hall–Kier alpha value is -1.83. The first kappa shape index (κ1) is 17.2. The molecule has 0 aliphatic heterocycles. The first-order valence-corrected chi connectivity index (χ1v) is 7.09. The number of amides is 1. The highest BCUT2D eigenvalue weighted by Crippen LogP contribution is 2.14. The second-order valence-electron chi connectivity index (χ2n) is 5.73. The molecule has 3 N–H and O–H groups in total. The second kappa shape index (κ2) is 7.26. The largest absolute Gasteiger partial charge is 0.389 e. The number of hydrogen-bond acceptors (Lipinski definition) is 3. The number of rotatable bonds is 4. The van der Waals surface area contributed by atoms with Gasteiger partial charge in [-0.1, -0.05) is 11.8 Å². The number of aliphatic hydroxyl groups is 1. The van der Waals surface area contributed by atoms with Crippen molar-refractivity contribution < 1.29 is 9.90 Å². The Kier molecular flexibility index (Phi) is 5.95. The monoisotopic (exact) mass is 288 g/mol. The van der Waals surface area contributed by atoms with Crippen LogP contribution < -0.4 is 5.73 Å². The maximum atomic E-state index is 12.6. The van der Waals surface area contributed by atoms with Crippen LogP contribution in [0, 0.1) is 18.8 Å². The summed E-state index contributed by atoms with van der Waals surface area (Å²) < 4.78 is 0. The van der Waals surface area contributed by atoms with E-state index in [0.717, 1.165) is 11.1 Å². The summed E-state index contributed by atoms with van der Waals surface area (Å²) in [6, 6.07) is 5.53. The summed E-state index contributed by atoms with van der Waals surface area (Å²) in [5.74, 6) is 5.64. The Labute approximate surface area is 127 Å². The zero-order chi connectivity index (χ0) is 16.0. The number of likely N-dealkylation sites (N-methyl/N-ethyl adjacent to an activating group) is 1. The van der Waals surface area contributed by atoms with E-state index in [9.17, 15) is 9.90 Å². The number of carbonyl (C=O) groups is 1. The molecule has 0 saturated carbocycles. The molecule has 0 aromatic heterocycles. The highest BCUT2D eigenvalue weighted by molar-refractivity contribution is 5.94. The maximum absolute atomic E-state index is 12.6. The Balaban J connectivity index is 3.08. The number of aryl methyl sites for hydroxylation is 1. The van der Waals surface area contributed by atoms with Crippen LogP contribution in [-0.2, 0) is 0 Å². The molecule has 4 heteroatoms. The number of nitrogens with zero attached hydrogens (tertiary/aromatic N) is 1. The quantitative estimate of drug-likeness (QED) is 0.826. The van der Waals surface area contributed by atoms with Crippen molar-refractivity contribution in [2.45, 2.75) is 33.3 Å². The van der Waals surface area contributed by atoms with E-state index in [1.54, 1.807) is 24.8 Å². The summed E-state index contributed by atoms with van der Waals surface area (Å²) in [4.78, 5) is 14.2. The normalized spacial score (nSPS) is 10.8. The maximum Gasteiger partial charge on any atom is 0.253 e. The number of hydrogen-bond donors (Lipinski definition) is 2. The molecular weight excluding hydrogens is 264 g/mol. The van der Waals surface area contributed by atoms with Crippen molar-refractivity contribution in [3.05, 3.63) is 34.9 Å². The van der Waals surface area contributed by atoms with E-state index in [0.29, 0.717) is 18.7 Å². The molecule has 0 aliphatic carbocycles. The molecular formula is C17H24N2O2. The van der Waals surface area contributed by atoms with Crippen molar-refractivity contribution in [1.82, 2.24) is 4.90 Å². The van der Waals surface area contributed by atoms with Gasteiger partial charge in [-0.2, -0.15) is 0 Å². The molecule has 4 nitrogen and oxygen atoms in total. The van der Waals surface area contributed by atoms with E-state index in [4.69, 9.17) is 5.73 Å². The summed E-state index contributed by atoms with van der Waals surface area (Å²) >= 11 is 0. The van der Waals surface area contributed by atoms with Gasteiger partial charge in [0, 0.05) is 24.2 Å². The lowest BCUT2D eigenvalue weighted by Crippen LogP contribution is -2.42. The molecule has 1 aromatic rings. The van der Waals surface area contributed by atoms with Crippen LogP contribution in [0.2, 0.25) is 0 Å². The lowest BCUT2D eigenvalue weighted by atomic mass is 10.0. The van der Waals surface area contributed by atoms with Gasteiger partial charge in [0.05, 0.1) is 12.1 Å². The van der Waals surface area contributed by atoms with Crippen molar-refractivity contribution in [3.63, 3.8) is 0 Å². The van der Waals surface area contributed by atoms with Gasteiger partial charge >= 0.3 is 0 Å². The molecule has 0 atom stereocenters. The topological polar surface area (TPSA) is 66.6 Å². The molecule has 114 valence electrons. The highest BCUT2D eigenvalue weighted by Gasteiger charge is 2.22. The van der Waals surface area contributed by atoms with Crippen LogP contribution in [0.3, 0.4) is 0 Å². The molecule has 0 unspecified atom stereocenters. The molecule has 0 bridgehead atoms. The van der Waals surface area contributed by atoms with E-state index < -0.39 is 5.60 Å². The van der Waals surface area contributed by atoms with E-state index in [1.807, 2.05) is 26.0 Å². The Morgan fingerprint density at radius 1 is 1.38 bits per heavy atom. The number of benzene rings is 1. The fraction of sp³-hybridized carbons (Fsp3) is 0.471. The molecule has 0 spiro atoms. The van der Waals surface area contributed by atoms with E-state index in [-0.39, 0.29) is 12.5 Å². The van der Waals surface area contributed by atoms with Gasteiger partial charge in [-0.3, -0.25) is 4.79 Å². The summed E-state index contributed by atoms with van der Waals surface area (Å²) in [6.07, 6.45) is 0. The fourth-order valence-corrected chi connectivity index (χ4v) is 2.11. The minimum Gasteiger partial charge on any atom is -0.389 e. The van der Waals surface area contributed by atoms with E-state index in [1.165, 1.54) is 0 Å².